The van der Waals surface area contributed by atoms with Gasteiger partial charge in [0.1, 0.15) is 5.70 Å². The van der Waals surface area contributed by atoms with Gasteiger partial charge in [0.2, 0.25) is 0 Å². The number of phenolic OH excluding ortho intramolecular Hbond substituents is 2. The zero-order chi connectivity index (χ0) is 35.8. The van der Waals surface area contributed by atoms with Crippen LogP contribution in [0.25, 0.3) is 16.5 Å². The number of carboxylic acids is 1. The SMILES string of the molecule is CC1=C(C(C(=O)O)C2CCC2)c2cc(O)c(F)cc2[N+]1(C(=O)c1ccc(Br)cc1)c1c(C)n(C(=O)c2ccc(Br)cc2)c2cc(F)c(O)cc12. The number of carboxylic acid groups (broad SMARTS) is 1. The Balaban J connectivity index is 1.67. The standard InChI is InChI=1S/C38H28Br2F2N2O6/c1-18-35(25-14-31(45)27(41)16-29(25)43(18)36(47)21-6-10-23(39)11-7-21)44(37(48)22-8-12-24(40)13-9-22)19(2)33(34(38(49)50)20-4-3-5-20)26-15-32(46)28(42)17-30(26)44/h6-17,20,34H,3-5H2,1-2H3,(H2-,45,46,49,50)/p+1. The van der Waals surface area contributed by atoms with Gasteiger partial charge in [-0.1, -0.05) is 38.3 Å². The number of carbonyl (C=O) groups is 3. The molecule has 1 aromatic heterocycles. The first-order chi connectivity index (χ1) is 23.8. The lowest BCUT2D eigenvalue weighted by Gasteiger charge is -2.34. The summed E-state index contributed by atoms with van der Waals surface area (Å²) in [6.07, 6.45) is 2.05. The summed E-state index contributed by atoms with van der Waals surface area (Å²) in [5, 5.41) is 32.2. The Kier molecular flexibility index (Phi) is 8.31. The number of allylic oxidation sites excluding steroid dienone is 1. The molecule has 8 nitrogen and oxygen atoms in total. The van der Waals surface area contributed by atoms with Gasteiger partial charge < -0.3 is 15.3 Å². The summed E-state index contributed by atoms with van der Waals surface area (Å²) >= 11 is 6.76. The molecule has 2 unspecified atom stereocenters. The molecule has 1 amide bonds. The molecule has 0 bridgehead atoms. The molecule has 12 heteroatoms. The fourth-order valence-corrected chi connectivity index (χ4v) is 8.11. The van der Waals surface area contributed by atoms with Gasteiger partial charge in [0.15, 0.2) is 34.5 Å². The van der Waals surface area contributed by atoms with E-state index in [1.54, 1.807) is 62.4 Å². The number of aromatic nitrogens is 1. The van der Waals surface area contributed by atoms with Gasteiger partial charge in [-0.05, 0) is 86.3 Å². The third kappa shape index (κ3) is 4.95. The van der Waals surface area contributed by atoms with E-state index >= 15 is 13.6 Å². The maximum atomic E-state index is 15.7. The lowest BCUT2D eigenvalue weighted by atomic mass is 9.71. The summed E-state index contributed by atoms with van der Waals surface area (Å²) in [4.78, 5) is 42.8. The highest BCUT2D eigenvalue weighted by Gasteiger charge is 2.58. The van der Waals surface area contributed by atoms with Gasteiger partial charge in [-0.15, -0.1) is 0 Å². The molecule has 0 spiro atoms. The van der Waals surface area contributed by atoms with E-state index in [0.29, 0.717) is 17.3 Å². The van der Waals surface area contributed by atoms with E-state index < -0.39 is 51.3 Å². The van der Waals surface area contributed by atoms with E-state index in [4.69, 9.17) is 0 Å². The maximum absolute atomic E-state index is 15.7. The van der Waals surface area contributed by atoms with Gasteiger partial charge in [0, 0.05) is 39.1 Å². The molecule has 4 aromatic carbocycles. The van der Waals surface area contributed by atoms with E-state index in [2.05, 4.69) is 31.9 Å². The highest BCUT2D eigenvalue weighted by molar-refractivity contribution is 9.10. The van der Waals surface area contributed by atoms with Crippen LogP contribution in [0.2, 0.25) is 0 Å². The lowest BCUT2D eigenvalue weighted by Crippen LogP contribution is -2.47. The zero-order valence-electron chi connectivity index (χ0n) is 26.7. The fourth-order valence-electron chi connectivity index (χ4n) is 7.58. The van der Waals surface area contributed by atoms with Gasteiger partial charge >= 0.3 is 11.9 Å². The smallest absolute Gasteiger partial charge is 0.360 e. The summed E-state index contributed by atoms with van der Waals surface area (Å²) in [5.41, 5.74) is 1.30. The number of hydrogen-bond acceptors (Lipinski definition) is 5. The van der Waals surface area contributed by atoms with Crippen molar-refractivity contribution >= 4 is 77.5 Å². The summed E-state index contributed by atoms with van der Waals surface area (Å²) in [5.74, 6) is -7.30. The summed E-state index contributed by atoms with van der Waals surface area (Å²) in [6, 6.07) is 17.2. The van der Waals surface area contributed by atoms with Crippen molar-refractivity contribution in [1.29, 1.82) is 0 Å². The second kappa shape index (κ2) is 12.3. The third-order valence-electron chi connectivity index (χ3n) is 10.1. The summed E-state index contributed by atoms with van der Waals surface area (Å²) in [6.45, 7) is 3.16. The largest absolute Gasteiger partial charge is 0.505 e. The Morgan fingerprint density at radius 2 is 1.40 bits per heavy atom. The van der Waals surface area contributed by atoms with Crippen molar-refractivity contribution in [2.75, 3.05) is 0 Å². The third-order valence-corrected chi connectivity index (χ3v) is 11.1. The molecule has 254 valence electrons. The topological polar surface area (TPSA) is 117 Å². The Morgan fingerprint density at radius 1 is 0.840 bits per heavy atom. The van der Waals surface area contributed by atoms with Gasteiger partial charge in [-0.3, -0.25) is 14.2 Å². The van der Waals surface area contributed by atoms with Crippen LogP contribution < -0.4 is 4.48 Å². The van der Waals surface area contributed by atoms with Crippen LogP contribution in [0.3, 0.4) is 0 Å². The van der Waals surface area contributed by atoms with Crippen LogP contribution in [-0.4, -0.2) is 37.7 Å². The number of aliphatic carboxylic acids is 1. The molecule has 50 heavy (non-hydrogen) atoms. The fraction of sp³-hybridized carbons (Fsp3) is 0.184. The Hall–Kier alpha value is -4.65. The van der Waals surface area contributed by atoms with Crippen molar-refractivity contribution in [2.45, 2.75) is 33.1 Å². The lowest BCUT2D eigenvalue weighted by molar-refractivity contribution is -0.142. The van der Waals surface area contributed by atoms with Crippen LogP contribution in [0.5, 0.6) is 11.5 Å². The molecule has 1 aliphatic heterocycles. The highest BCUT2D eigenvalue weighted by Crippen LogP contribution is 2.60. The van der Waals surface area contributed by atoms with Crippen molar-refractivity contribution in [2.24, 2.45) is 11.8 Å². The monoisotopic (exact) mass is 805 g/mol. The minimum atomic E-state index is -1.14. The predicted molar refractivity (Wildman–Crippen MR) is 191 cm³/mol. The van der Waals surface area contributed by atoms with Crippen molar-refractivity contribution in [3.8, 4) is 11.5 Å². The van der Waals surface area contributed by atoms with Gasteiger partial charge in [0.05, 0.1) is 33.6 Å². The number of fused-ring (bicyclic) bond motifs is 2. The molecule has 0 radical (unpaired) electrons. The van der Waals surface area contributed by atoms with E-state index in [1.807, 2.05) is 0 Å². The molecular formula is C38H29Br2F2N2O6+. The highest BCUT2D eigenvalue weighted by atomic mass is 79.9. The number of carbonyl (C=O) groups excluding carboxylic acids is 2. The Labute approximate surface area is 301 Å². The predicted octanol–water partition coefficient (Wildman–Crippen LogP) is 9.58. The molecule has 0 saturated heterocycles. The second-order valence-corrected chi connectivity index (χ2v) is 14.5. The Bertz CT molecular complexity index is 2310. The van der Waals surface area contributed by atoms with Crippen LogP contribution in [-0.2, 0) is 4.79 Å². The average molecular weight is 807 g/mol. The summed E-state index contributed by atoms with van der Waals surface area (Å²) in [7, 11) is 0. The van der Waals surface area contributed by atoms with E-state index in [9.17, 15) is 24.9 Å². The Morgan fingerprint density at radius 3 is 1.96 bits per heavy atom. The van der Waals surface area contributed by atoms with Crippen LogP contribution >= 0.6 is 31.9 Å². The van der Waals surface area contributed by atoms with Crippen LogP contribution in [0.1, 0.15) is 58.2 Å². The second-order valence-electron chi connectivity index (χ2n) is 12.7. The molecule has 2 atom stereocenters. The zero-order valence-corrected chi connectivity index (χ0v) is 29.8. The maximum Gasteiger partial charge on any atom is 0.360 e. The number of halogens is 4. The quantitative estimate of drug-likeness (QED) is 0.147. The molecule has 5 aromatic rings. The number of rotatable bonds is 6. The van der Waals surface area contributed by atoms with Crippen molar-refractivity contribution < 1.29 is 38.5 Å². The number of nitrogens with zero attached hydrogens (tertiary/aromatic N) is 2. The number of quaternary nitrogens is 1. The number of hydrogen-bond donors (Lipinski definition) is 3. The minimum Gasteiger partial charge on any atom is -0.505 e. The number of amides is 1. The van der Waals surface area contributed by atoms with Crippen LogP contribution in [0.15, 0.2) is 87.4 Å². The average Bonchev–Trinajstić information content (AvgIpc) is 3.45. The van der Waals surface area contributed by atoms with Crippen molar-refractivity contribution in [1.82, 2.24) is 9.05 Å². The number of benzene rings is 4. The molecule has 7 rings (SSSR count). The number of phenols is 2. The van der Waals surface area contributed by atoms with Gasteiger partial charge in [-0.25, -0.2) is 13.6 Å². The van der Waals surface area contributed by atoms with Crippen LogP contribution in [0.4, 0.5) is 20.2 Å². The summed E-state index contributed by atoms with van der Waals surface area (Å²) < 4.78 is 32.6. The molecular weight excluding hydrogens is 778 g/mol. The van der Waals surface area contributed by atoms with E-state index in [0.717, 1.165) is 35.2 Å². The number of aromatic hydroxyl groups is 2. The minimum absolute atomic E-state index is 0.00773. The first-order valence-electron chi connectivity index (χ1n) is 15.8. The van der Waals surface area contributed by atoms with Crippen LogP contribution in [0, 0.1) is 30.4 Å². The molecule has 1 saturated carbocycles. The first-order valence-corrected chi connectivity index (χ1v) is 17.4. The van der Waals surface area contributed by atoms with E-state index in [-0.39, 0.29) is 61.9 Å². The molecule has 2 heterocycles. The van der Waals surface area contributed by atoms with Crippen molar-refractivity contribution in [3.63, 3.8) is 0 Å². The van der Waals surface area contributed by atoms with E-state index in [1.165, 1.54) is 4.57 Å². The normalized spacial score (nSPS) is 17.9. The molecule has 1 fully saturated rings. The first kappa shape index (κ1) is 33.8. The van der Waals surface area contributed by atoms with Gasteiger partial charge in [-0.2, -0.15) is 4.48 Å². The van der Waals surface area contributed by atoms with Gasteiger partial charge in [0.25, 0.3) is 5.91 Å². The molecule has 3 N–H and O–H groups in total. The molecule has 1 aliphatic carbocycles. The van der Waals surface area contributed by atoms with Crippen molar-refractivity contribution in [3.05, 3.63) is 121 Å². The molecule has 2 aliphatic rings.